The Morgan fingerprint density at radius 1 is 0.968 bits per heavy atom. The van der Waals surface area contributed by atoms with Crippen LogP contribution in [0, 0.1) is 0 Å². The smallest absolute Gasteiger partial charge is 0.254 e. The maximum Gasteiger partial charge on any atom is 0.254 e. The van der Waals surface area contributed by atoms with Crippen molar-refractivity contribution in [3.8, 4) is 11.5 Å². The Labute approximate surface area is 181 Å². The van der Waals surface area contributed by atoms with E-state index < -0.39 is 0 Å². The molecule has 2 aromatic carbocycles. The molecule has 0 spiro atoms. The summed E-state index contributed by atoms with van der Waals surface area (Å²) in [6.07, 6.45) is 3.43. The number of hydrogen-bond donors (Lipinski definition) is 1. The van der Waals surface area contributed by atoms with E-state index in [1.807, 2.05) is 36.4 Å². The van der Waals surface area contributed by atoms with Crippen LogP contribution in [0.25, 0.3) is 0 Å². The molecule has 1 aromatic heterocycles. The summed E-state index contributed by atoms with van der Waals surface area (Å²) in [7, 11) is 3.17. The van der Waals surface area contributed by atoms with Crippen LogP contribution in [0.5, 0.6) is 11.5 Å². The van der Waals surface area contributed by atoms with Gasteiger partial charge in [0.05, 0.1) is 13.7 Å². The van der Waals surface area contributed by atoms with E-state index in [2.05, 4.69) is 10.3 Å². The molecule has 0 radical (unpaired) electrons. The van der Waals surface area contributed by atoms with Gasteiger partial charge in [0, 0.05) is 31.5 Å². The van der Waals surface area contributed by atoms with Gasteiger partial charge in [0.15, 0.2) is 11.5 Å². The third-order valence-corrected chi connectivity index (χ3v) is 4.61. The van der Waals surface area contributed by atoms with Crippen molar-refractivity contribution in [3.05, 3.63) is 89.7 Å². The SMILES string of the molecule is COc1cc(CNC(=O)CN(C)C(=O)c2ccccc2)ccc1OCc1ccncc1. The van der Waals surface area contributed by atoms with E-state index in [9.17, 15) is 9.59 Å². The van der Waals surface area contributed by atoms with Crippen LogP contribution < -0.4 is 14.8 Å². The lowest BCUT2D eigenvalue weighted by Crippen LogP contribution is -2.38. The van der Waals surface area contributed by atoms with E-state index in [-0.39, 0.29) is 18.4 Å². The molecule has 160 valence electrons. The molecule has 1 N–H and O–H groups in total. The number of likely N-dealkylation sites (N-methyl/N-ethyl adjacent to an activating group) is 1. The van der Waals surface area contributed by atoms with Gasteiger partial charge in [0.25, 0.3) is 5.91 Å². The number of nitrogens with one attached hydrogen (secondary N) is 1. The van der Waals surface area contributed by atoms with Crippen LogP contribution >= 0.6 is 0 Å². The first-order valence-corrected chi connectivity index (χ1v) is 9.82. The van der Waals surface area contributed by atoms with Gasteiger partial charge < -0.3 is 19.7 Å². The largest absolute Gasteiger partial charge is 0.493 e. The van der Waals surface area contributed by atoms with Crippen molar-refractivity contribution < 1.29 is 19.1 Å². The van der Waals surface area contributed by atoms with Crippen LogP contribution in [-0.2, 0) is 17.9 Å². The average molecular weight is 419 g/mol. The van der Waals surface area contributed by atoms with Crippen molar-refractivity contribution in [2.24, 2.45) is 0 Å². The number of rotatable bonds is 9. The highest BCUT2D eigenvalue weighted by Gasteiger charge is 2.15. The first-order chi connectivity index (χ1) is 15.1. The first kappa shape index (κ1) is 21.8. The van der Waals surface area contributed by atoms with Crippen molar-refractivity contribution in [2.75, 3.05) is 20.7 Å². The predicted molar refractivity (Wildman–Crippen MR) is 117 cm³/mol. The lowest BCUT2D eigenvalue weighted by Gasteiger charge is -2.17. The number of pyridine rings is 1. The van der Waals surface area contributed by atoms with Gasteiger partial charge in [-0.25, -0.2) is 0 Å². The summed E-state index contributed by atoms with van der Waals surface area (Å²) in [6.45, 7) is 0.682. The number of methoxy groups -OCH3 is 1. The number of ether oxygens (including phenoxy) is 2. The third kappa shape index (κ3) is 6.30. The lowest BCUT2D eigenvalue weighted by atomic mass is 10.2. The minimum absolute atomic E-state index is 0.0298. The van der Waals surface area contributed by atoms with Gasteiger partial charge in [-0.15, -0.1) is 0 Å². The molecule has 0 aliphatic rings. The minimum atomic E-state index is -0.247. The van der Waals surface area contributed by atoms with Crippen LogP contribution in [0.3, 0.4) is 0 Å². The normalized spacial score (nSPS) is 10.3. The van der Waals surface area contributed by atoms with Crippen molar-refractivity contribution in [1.29, 1.82) is 0 Å². The molecule has 3 aromatic rings. The van der Waals surface area contributed by atoms with Gasteiger partial charge in [-0.3, -0.25) is 14.6 Å². The molecule has 0 atom stereocenters. The molecular weight excluding hydrogens is 394 g/mol. The lowest BCUT2D eigenvalue weighted by molar-refractivity contribution is -0.121. The number of carbonyl (C=O) groups excluding carboxylic acids is 2. The molecule has 2 amide bonds. The fourth-order valence-electron chi connectivity index (χ4n) is 2.93. The van der Waals surface area contributed by atoms with Gasteiger partial charge in [-0.05, 0) is 47.5 Å². The van der Waals surface area contributed by atoms with Gasteiger partial charge in [-0.2, -0.15) is 0 Å². The summed E-state index contributed by atoms with van der Waals surface area (Å²) in [5, 5.41) is 2.83. The molecule has 0 saturated carbocycles. The summed E-state index contributed by atoms with van der Waals surface area (Å²) < 4.78 is 11.3. The topological polar surface area (TPSA) is 80.8 Å². The Hall–Kier alpha value is -3.87. The minimum Gasteiger partial charge on any atom is -0.493 e. The Kier molecular flexibility index (Phi) is 7.59. The average Bonchev–Trinajstić information content (AvgIpc) is 2.82. The second-order valence-electron chi connectivity index (χ2n) is 6.93. The van der Waals surface area contributed by atoms with E-state index >= 15 is 0 Å². The van der Waals surface area contributed by atoms with Gasteiger partial charge in [0.1, 0.15) is 6.61 Å². The quantitative estimate of drug-likeness (QED) is 0.577. The Morgan fingerprint density at radius 2 is 1.71 bits per heavy atom. The molecule has 0 aliphatic heterocycles. The molecule has 3 rings (SSSR count). The second kappa shape index (κ2) is 10.8. The zero-order chi connectivity index (χ0) is 22.1. The van der Waals surface area contributed by atoms with E-state index in [4.69, 9.17) is 9.47 Å². The summed E-state index contributed by atoms with van der Waals surface area (Å²) in [6, 6.07) is 18.1. The molecule has 7 heteroatoms. The maximum atomic E-state index is 12.4. The number of benzene rings is 2. The molecule has 0 aliphatic carbocycles. The molecule has 0 saturated heterocycles. The predicted octanol–water partition coefficient (Wildman–Crippen LogP) is 3.06. The molecular formula is C24H25N3O4. The van der Waals surface area contributed by atoms with E-state index in [1.165, 1.54) is 4.90 Å². The molecule has 7 nitrogen and oxygen atoms in total. The van der Waals surface area contributed by atoms with E-state index in [0.29, 0.717) is 30.2 Å². The zero-order valence-corrected chi connectivity index (χ0v) is 17.6. The van der Waals surface area contributed by atoms with E-state index in [0.717, 1.165) is 11.1 Å². The standard InChI is InChI=1S/C24H25N3O4/c1-27(24(29)20-6-4-3-5-7-20)16-23(28)26-15-19-8-9-21(22(14-19)30-2)31-17-18-10-12-25-13-11-18/h3-14H,15-17H2,1-2H3,(H,26,28). The van der Waals surface area contributed by atoms with Gasteiger partial charge in [-0.1, -0.05) is 24.3 Å². The Bertz CT molecular complexity index is 1010. The van der Waals surface area contributed by atoms with Crippen LogP contribution in [0.2, 0.25) is 0 Å². The number of amides is 2. The summed E-state index contributed by atoms with van der Waals surface area (Å²) in [5.41, 5.74) is 2.41. The number of carbonyl (C=O) groups is 2. The van der Waals surface area contributed by atoms with Gasteiger partial charge in [0.2, 0.25) is 5.91 Å². The first-order valence-electron chi connectivity index (χ1n) is 9.82. The number of nitrogens with zero attached hydrogens (tertiary/aromatic N) is 2. The van der Waals surface area contributed by atoms with Crippen molar-refractivity contribution in [1.82, 2.24) is 15.2 Å². The Balaban J connectivity index is 1.52. The van der Waals surface area contributed by atoms with Crippen molar-refractivity contribution >= 4 is 11.8 Å². The van der Waals surface area contributed by atoms with Crippen LogP contribution in [0.15, 0.2) is 73.1 Å². The molecule has 0 bridgehead atoms. The van der Waals surface area contributed by atoms with E-state index in [1.54, 1.807) is 50.8 Å². The Morgan fingerprint density at radius 3 is 2.42 bits per heavy atom. The number of hydrogen-bond acceptors (Lipinski definition) is 5. The highest BCUT2D eigenvalue weighted by molar-refractivity contribution is 5.96. The highest BCUT2D eigenvalue weighted by atomic mass is 16.5. The molecule has 0 fully saturated rings. The van der Waals surface area contributed by atoms with Crippen LogP contribution in [0.1, 0.15) is 21.5 Å². The highest BCUT2D eigenvalue weighted by Crippen LogP contribution is 2.28. The molecule has 1 heterocycles. The van der Waals surface area contributed by atoms with Crippen molar-refractivity contribution in [3.63, 3.8) is 0 Å². The summed E-state index contributed by atoms with van der Waals surface area (Å²) in [4.78, 5) is 30.0. The fourth-order valence-corrected chi connectivity index (χ4v) is 2.93. The summed E-state index contributed by atoms with van der Waals surface area (Å²) >= 11 is 0. The fraction of sp³-hybridized carbons (Fsp3) is 0.208. The van der Waals surface area contributed by atoms with Crippen LogP contribution in [-0.4, -0.2) is 42.4 Å². The van der Waals surface area contributed by atoms with Gasteiger partial charge >= 0.3 is 0 Å². The zero-order valence-electron chi connectivity index (χ0n) is 17.6. The third-order valence-electron chi connectivity index (χ3n) is 4.61. The van der Waals surface area contributed by atoms with Crippen molar-refractivity contribution in [2.45, 2.75) is 13.2 Å². The molecule has 31 heavy (non-hydrogen) atoms. The second-order valence-corrected chi connectivity index (χ2v) is 6.93. The monoisotopic (exact) mass is 419 g/mol. The maximum absolute atomic E-state index is 12.4. The summed E-state index contributed by atoms with van der Waals surface area (Å²) in [5.74, 6) is 0.747. The number of aromatic nitrogens is 1. The molecule has 0 unspecified atom stereocenters. The van der Waals surface area contributed by atoms with Crippen LogP contribution in [0.4, 0.5) is 0 Å².